The van der Waals surface area contributed by atoms with Crippen LogP contribution in [0.3, 0.4) is 0 Å². The van der Waals surface area contributed by atoms with Gasteiger partial charge in [0.2, 0.25) is 0 Å². The minimum atomic E-state index is 0.375. The molecule has 1 heterocycles. The number of hydrogen-bond acceptors (Lipinski definition) is 1. The van der Waals surface area contributed by atoms with E-state index in [0.717, 1.165) is 13.0 Å². The fraction of sp³-hybridized carbons (Fsp3) is 0.500. The number of benzene rings is 1. The number of halogens is 1. The van der Waals surface area contributed by atoms with E-state index in [0.29, 0.717) is 16.8 Å². The number of rotatable bonds is 2. The van der Waals surface area contributed by atoms with Crippen molar-refractivity contribution in [3.05, 3.63) is 35.9 Å². The van der Waals surface area contributed by atoms with Gasteiger partial charge < -0.3 is 4.74 Å². The highest BCUT2D eigenvalue weighted by Crippen LogP contribution is 2.38. The molecule has 14 heavy (non-hydrogen) atoms. The second kappa shape index (κ2) is 4.45. The summed E-state index contributed by atoms with van der Waals surface area (Å²) in [5.41, 5.74) is 1.36. The molecule has 0 unspecified atom stereocenters. The molecule has 2 heteroatoms. The van der Waals surface area contributed by atoms with Gasteiger partial charge in [-0.05, 0) is 18.9 Å². The summed E-state index contributed by atoms with van der Waals surface area (Å²) >= 11 is 3.77. The third-order valence-corrected chi connectivity index (χ3v) is 4.14. The second-order valence-electron chi connectivity index (χ2n) is 3.84. The predicted octanol–water partition coefficient (Wildman–Crippen LogP) is 3.55. The van der Waals surface area contributed by atoms with E-state index in [1.54, 1.807) is 0 Å². The van der Waals surface area contributed by atoms with Crippen molar-refractivity contribution in [1.29, 1.82) is 0 Å². The fourth-order valence-electron chi connectivity index (χ4n) is 2.02. The van der Waals surface area contributed by atoms with Crippen molar-refractivity contribution in [2.45, 2.75) is 24.3 Å². The topological polar surface area (TPSA) is 9.23 Å². The van der Waals surface area contributed by atoms with Gasteiger partial charge in [0.15, 0.2) is 0 Å². The van der Waals surface area contributed by atoms with Crippen molar-refractivity contribution in [3.8, 4) is 0 Å². The van der Waals surface area contributed by atoms with E-state index in [-0.39, 0.29) is 0 Å². The standard InChI is InChI=1S/C12H15BrO/c1-9-11(7-8-14-9)12(13)10-5-3-2-4-6-10/h2-6,9,11-12H,7-8H2,1H3/t9-,11-,12-/m0/s1. The van der Waals surface area contributed by atoms with E-state index in [1.807, 2.05) is 0 Å². The molecule has 0 aliphatic carbocycles. The Bertz CT molecular complexity index is 286. The van der Waals surface area contributed by atoms with Crippen molar-refractivity contribution in [2.75, 3.05) is 6.61 Å². The zero-order valence-electron chi connectivity index (χ0n) is 8.32. The van der Waals surface area contributed by atoms with Gasteiger partial charge in [0.05, 0.1) is 6.10 Å². The molecule has 1 fully saturated rings. The maximum Gasteiger partial charge on any atom is 0.0589 e. The summed E-state index contributed by atoms with van der Waals surface area (Å²) < 4.78 is 5.58. The molecule has 0 N–H and O–H groups in total. The van der Waals surface area contributed by atoms with E-state index in [4.69, 9.17) is 4.74 Å². The third-order valence-electron chi connectivity index (χ3n) is 2.93. The molecule has 2 rings (SSSR count). The molecule has 1 aliphatic heterocycles. The van der Waals surface area contributed by atoms with E-state index in [2.05, 4.69) is 53.2 Å². The first-order valence-electron chi connectivity index (χ1n) is 5.09. The summed E-state index contributed by atoms with van der Waals surface area (Å²) in [6, 6.07) is 10.6. The molecule has 1 aliphatic rings. The molecule has 1 saturated heterocycles. The average molecular weight is 255 g/mol. The van der Waals surface area contributed by atoms with Crippen molar-refractivity contribution in [1.82, 2.24) is 0 Å². The first-order valence-corrected chi connectivity index (χ1v) is 6.01. The lowest BCUT2D eigenvalue weighted by Crippen LogP contribution is -2.16. The molecule has 76 valence electrons. The first kappa shape index (κ1) is 10.2. The maximum atomic E-state index is 5.58. The zero-order valence-corrected chi connectivity index (χ0v) is 9.91. The number of hydrogen-bond donors (Lipinski definition) is 0. The lowest BCUT2D eigenvalue weighted by Gasteiger charge is -2.20. The van der Waals surface area contributed by atoms with E-state index in [9.17, 15) is 0 Å². The summed E-state index contributed by atoms with van der Waals surface area (Å²) in [6.07, 6.45) is 1.53. The predicted molar refractivity (Wildman–Crippen MR) is 61.6 cm³/mol. The molecule has 0 radical (unpaired) electrons. The van der Waals surface area contributed by atoms with Crippen molar-refractivity contribution in [3.63, 3.8) is 0 Å². The van der Waals surface area contributed by atoms with Crippen LogP contribution < -0.4 is 0 Å². The van der Waals surface area contributed by atoms with Crippen LogP contribution in [0.5, 0.6) is 0 Å². The molecule has 1 nitrogen and oxygen atoms in total. The first-order chi connectivity index (χ1) is 6.79. The lowest BCUT2D eigenvalue weighted by atomic mass is 9.94. The van der Waals surface area contributed by atoms with Gasteiger partial charge in [0, 0.05) is 17.4 Å². The summed E-state index contributed by atoms with van der Waals surface area (Å²) in [5, 5.41) is 0. The minimum Gasteiger partial charge on any atom is -0.378 e. The van der Waals surface area contributed by atoms with Crippen LogP contribution in [0.4, 0.5) is 0 Å². The van der Waals surface area contributed by atoms with Crippen LogP contribution in [0.1, 0.15) is 23.7 Å². The van der Waals surface area contributed by atoms with Crippen LogP contribution in [0.2, 0.25) is 0 Å². The largest absolute Gasteiger partial charge is 0.378 e. The molecule has 0 bridgehead atoms. The van der Waals surface area contributed by atoms with E-state index < -0.39 is 0 Å². The van der Waals surface area contributed by atoms with Gasteiger partial charge in [-0.3, -0.25) is 0 Å². The zero-order chi connectivity index (χ0) is 9.97. The van der Waals surface area contributed by atoms with Crippen molar-refractivity contribution in [2.24, 2.45) is 5.92 Å². The molecule has 0 saturated carbocycles. The van der Waals surface area contributed by atoms with Gasteiger partial charge in [-0.1, -0.05) is 46.3 Å². The molecule has 1 aromatic carbocycles. The fourth-order valence-corrected chi connectivity index (χ4v) is 3.02. The molecule has 0 spiro atoms. The Kier molecular flexibility index (Phi) is 3.24. The smallest absolute Gasteiger partial charge is 0.0589 e. The third kappa shape index (κ3) is 2.01. The number of alkyl halides is 1. The van der Waals surface area contributed by atoms with Crippen LogP contribution in [-0.4, -0.2) is 12.7 Å². The van der Waals surface area contributed by atoms with Crippen LogP contribution in [0, 0.1) is 5.92 Å². The summed E-state index contributed by atoms with van der Waals surface area (Å²) in [4.78, 5) is 0.432. The number of ether oxygens (including phenoxy) is 1. The molecule has 0 amide bonds. The molecular weight excluding hydrogens is 240 g/mol. The Labute approximate surface area is 93.6 Å². The Morgan fingerprint density at radius 1 is 1.36 bits per heavy atom. The lowest BCUT2D eigenvalue weighted by molar-refractivity contribution is 0.105. The average Bonchev–Trinajstić information content (AvgIpc) is 2.65. The highest BCUT2D eigenvalue weighted by molar-refractivity contribution is 9.09. The molecule has 3 atom stereocenters. The Morgan fingerprint density at radius 3 is 2.64 bits per heavy atom. The van der Waals surface area contributed by atoms with Crippen LogP contribution in [0.25, 0.3) is 0 Å². The quantitative estimate of drug-likeness (QED) is 0.734. The van der Waals surface area contributed by atoms with Crippen LogP contribution in [-0.2, 0) is 4.74 Å². The second-order valence-corrected chi connectivity index (χ2v) is 4.83. The highest BCUT2D eigenvalue weighted by Gasteiger charge is 2.30. The van der Waals surface area contributed by atoms with Gasteiger partial charge in [0.25, 0.3) is 0 Å². The van der Waals surface area contributed by atoms with Gasteiger partial charge >= 0.3 is 0 Å². The van der Waals surface area contributed by atoms with Crippen LogP contribution >= 0.6 is 15.9 Å². The van der Waals surface area contributed by atoms with Crippen molar-refractivity contribution < 1.29 is 4.74 Å². The summed E-state index contributed by atoms with van der Waals surface area (Å²) in [5.74, 6) is 0.609. The summed E-state index contributed by atoms with van der Waals surface area (Å²) in [6.45, 7) is 3.07. The van der Waals surface area contributed by atoms with Crippen molar-refractivity contribution >= 4 is 15.9 Å². The Morgan fingerprint density at radius 2 is 2.07 bits per heavy atom. The van der Waals surface area contributed by atoms with Gasteiger partial charge in [0.1, 0.15) is 0 Å². The van der Waals surface area contributed by atoms with Crippen LogP contribution in [0.15, 0.2) is 30.3 Å². The molecule has 0 aromatic heterocycles. The monoisotopic (exact) mass is 254 g/mol. The van der Waals surface area contributed by atoms with E-state index in [1.165, 1.54) is 5.56 Å². The molecular formula is C12H15BrO. The Balaban J connectivity index is 2.12. The normalized spacial score (nSPS) is 29.0. The van der Waals surface area contributed by atoms with Gasteiger partial charge in [-0.25, -0.2) is 0 Å². The maximum absolute atomic E-state index is 5.58. The Hall–Kier alpha value is -0.340. The van der Waals surface area contributed by atoms with Gasteiger partial charge in [-0.15, -0.1) is 0 Å². The molecule has 1 aromatic rings. The van der Waals surface area contributed by atoms with Gasteiger partial charge in [-0.2, -0.15) is 0 Å². The SMILES string of the molecule is C[C@@H]1OCC[C@@H]1[C@@H](Br)c1ccccc1. The highest BCUT2D eigenvalue weighted by atomic mass is 79.9. The summed E-state index contributed by atoms with van der Waals surface area (Å²) in [7, 11) is 0. The van der Waals surface area contributed by atoms with E-state index >= 15 is 0 Å². The minimum absolute atomic E-state index is 0.375.